The van der Waals surface area contributed by atoms with Crippen LogP contribution in [0.4, 0.5) is 0 Å². The second kappa shape index (κ2) is 8.97. The lowest BCUT2D eigenvalue weighted by Gasteiger charge is -2.08. The molecule has 0 heterocycles. The maximum absolute atomic E-state index is 5.79. The lowest BCUT2D eigenvalue weighted by molar-refractivity contribution is 0.523. The fraction of sp³-hybridized carbons (Fsp3) is 1.00. The summed E-state index contributed by atoms with van der Waals surface area (Å²) in [7, 11) is 0. The van der Waals surface area contributed by atoms with Crippen LogP contribution in [0.5, 0.6) is 0 Å². The molecule has 3 heteroatoms. The first-order valence-corrected chi connectivity index (χ1v) is 4.97. The third kappa shape index (κ3) is 7.98. The van der Waals surface area contributed by atoms with E-state index in [-0.39, 0.29) is 0 Å². The normalized spacial score (nSPS) is 13.2. The SMILES string of the molecule is NCCCCCCC(N)CCN. The Morgan fingerprint density at radius 3 is 2.00 bits per heavy atom. The lowest BCUT2D eigenvalue weighted by atomic mass is 10.1. The van der Waals surface area contributed by atoms with Gasteiger partial charge in [-0.25, -0.2) is 0 Å². The molecule has 6 N–H and O–H groups in total. The first kappa shape index (κ1) is 11.9. The topological polar surface area (TPSA) is 78.1 Å². The average Bonchev–Trinajstić information content (AvgIpc) is 2.05. The van der Waals surface area contributed by atoms with Gasteiger partial charge in [0, 0.05) is 6.04 Å². The molecule has 1 atom stereocenters. The molecule has 0 radical (unpaired) electrons. The van der Waals surface area contributed by atoms with Crippen molar-refractivity contribution in [3.8, 4) is 0 Å². The van der Waals surface area contributed by atoms with Gasteiger partial charge < -0.3 is 17.2 Å². The fourth-order valence-corrected chi connectivity index (χ4v) is 1.26. The zero-order valence-electron chi connectivity index (χ0n) is 7.97. The van der Waals surface area contributed by atoms with E-state index >= 15 is 0 Å². The molecule has 12 heavy (non-hydrogen) atoms. The Bertz CT molecular complexity index is 85.8. The monoisotopic (exact) mass is 173 g/mol. The van der Waals surface area contributed by atoms with Gasteiger partial charge in [0.25, 0.3) is 0 Å². The van der Waals surface area contributed by atoms with Gasteiger partial charge in [0.1, 0.15) is 0 Å². The molecule has 1 unspecified atom stereocenters. The van der Waals surface area contributed by atoms with Crippen molar-refractivity contribution in [1.29, 1.82) is 0 Å². The summed E-state index contributed by atoms with van der Waals surface area (Å²) in [5.41, 5.74) is 16.6. The standard InChI is InChI=1S/C9H23N3/c10-7-4-2-1-3-5-9(12)6-8-11/h9H,1-8,10-12H2. The van der Waals surface area contributed by atoms with E-state index in [2.05, 4.69) is 0 Å². The summed E-state index contributed by atoms with van der Waals surface area (Å²) in [5, 5.41) is 0. The van der Waals surface area contributed by atoms with Gasteiger partial charge in [-0.3, -0.25) is 0 Å². The summed E-state index contributed by atoms with van der Waals surface area (Å²) in [6, 6.07) is 0.313. The van der Waals surface area contributed by atoms with Crippen LogP contribution in [-0.2, 0) is 0 Å². The van der Waals surface area contributed by atoms with E-state index in [9.17, 15) is 0 Å². The Balaban J connectivity index is 2.97. The number of rotatable bonds is 8. The van der Waals surface area contributed by atoms with Crippen molar-refractivity contribution in [1.82, 2.24) is 0 Å². The summed E-state index contributed by atoms with van der Waals surface area (Å²) in [5.74, 6) is 0. The van der Waals surface area contributed by atoms with E-state index in [4.69, 9.17) is 17.2 Å². The van der Waals surface area contributed by atoms with Crippen molar-refractivity contribution in [3.05, 3.63) is 0 Å². The zero-order chi connectivity index (χ0) is 9.23. The summed E-state index contributed by atoms with van der Waals surface area (Å²) in [6.07, 6.45) is 6.94. The summed E-state index contributed by atoms with van der Waals surface area (Å²) in [4.78, 5) is 0. The molecule has 0 aliphatic heterocycles. The van der Waals surface area contributed by atoms with Crippen molar-refractivity contribution in [2.75, 3.05) is 13.1 Å². The van der Waals surface area contributed by atoms with Crippen LogP contribution in [0, 0.1) is 0 Å². The Hall–Kier alpha value is -0.120. The van der Waals surface area contributed by atoms with Gasteiger partial charge in [-0.2, -0.15) is 0 Å². The molecule has 0 rings (SSSR count). The predicted octanol–water partition coefficient (Wildman–Crippen LogP) is 0.572. The Morgan fingerprint density at radius 1 is 0.750 bits per heavy atom. The van der Waals surface area contributed by atoms with E-state index in [1.165, 1.54) is 19.3 Å². The van der Waals surface area contributed by atoms with Crippen LogP contribution in [0.25, 0.3) is 0 Å². The van der Waals surface area contributed by atoms with Gasteiger partial charge in [-0.1, -0.05) is 19.3 Å². The zero-order valence-corrected chi connectivity index (χ0v) is 7.97. The largest absolute Gasteiger partial charge is 0.330 e. The van der Waals surface area contributed by atoms with Crippen molar-refractivity contribution >= 4 is 0 Å². The molecule has 0 aliphatic carbocycles. The number of unbranched alkanes of at least 4 members (excludes halogenated alkanes) is 3. The maximum atomic E-state index is 5.79. The third-order valence-electron chi connectivity index (χ3n) is 2.07. The second-order valence-electron chi connectivity index (χ2n) is 3.33. The van der Waals surface area contributed by atoms with E-state index in [0.29, 0.717) is 12.6 Å². The molecular formula is C9H23N3. The molecule has 0 saturated carbocycles. The third-order valence-corrected chi connectivity index (χ3v) is 2.07. The molecule has 0 spiro atoms. The maximum Gasteiger partial charge on any atom is 0.00508 e. The molecule has 74 valence electrons. The number of hydrogen-bond donors (Lipinski definition) is 3. The lowest BCUT2D eigenvalue weighted by Crippen LogP contribution is -2.23. The van der Waals surface area contributed by atoms with E-state index in [0.717, 1.165) is 25.8 Å². The summed E-state index contributed by atoms with van der Waals surface area (Å²) < 4.78 is 0. The van der Waals surface area contributed by atoms with Gasteiger partial charge in [0.2, 0.25) is 0 Å². The van der Waals surface area contributed by atoms with E-state index in [1.54, 1.807) is 0 Å². The van der Waals surface area contributed by atoms with Gasteiger partial charge in [0.05, 0.1) is 0 Å². The molecular weight excluding hydrogens is 150 g/mol. The van der Waals surface area contributed by atoms with Crippen LogP contribution in [0.15, 0.2) is 0 Å². The second-order valence-corrected chi connectivity index (χ2v) is 3.33. The highest BCUT2D eigenvalue weighted by molar-refractivity contribution is 4.61. The highest BCUT2D eigenvalue weighted by atomic mass is 14.6. The van der Waals surface area contributed by atoms with Crippen LogP contribution in [0.3, 0.4) is 0 Å². The van der Waals surface area contributed by atoms with E-state index in [1.807, 2.05) is 0 Å². The number of hydrogen-bond acceptors (Lipinski definition) is 3. The molecule has 0 aliphatic rings. The molecule has 0 fully saturated rings. The number of nitrogens with two attached hydrogens (primary N) is 3. The molecule has 0 aromatic carbocycles. The minimum absolute atomic E-state index is 0.313. The Morgan fingerprint density at radius 2 is 1.42 bits per heavy atom. The van der Waals surface area contributed by atoms with Crippen molar-refractivity contribution < 1.29 is 0 Å². The Labute approximate surface area is 75.7 Å². The molecule has 0 aromatic rings. The van der Waals surface area contributed by atoms with E-state index < -0.39 is 0 Å². The predicted molar refractivity (Wildman–Crippen MR) is 53.8 cm³/mol. The highest BCUT2D eigenvalue weighted by Crippen LogP contribution is 2.05. The van der Waals surface area contributed by atoms with Crippen LogP contribution in [0.2, 0.25) is 0 Å². The van der Waals surface area contributed by atoms with Gasteiger partial charge in [0.15, 0.2) is 0 Å². The van der Waals surface area contributed by atoms with Crippen molar-refractivity contribution in [3.63, 3.8) is 0 Å². The Kier molecular flexibility index (Phi) is 8.88. The highest BCUT2D eigenvalue weighted by Gasteiger charge is 1.99. The molecule has 3 nitrogen and oxygen atoms in total. The first-order valence-electron chi connectivity index (χ1n) is 4.97. The summed E-state index contributed by atoms with van der Waals surface area (Å²) >= 11 is 0. The van der Waals surface area contributed by atoms with Gasteiger partial charge in [-0.15, -0.1) is 0 Å². The average molecular weight is 173 g/mol. The first-order chi connectivity index (χ1) is 5.81. The van der Waals surface area contributed by atoms with Gasteiger partial charge in [-0.05, 0) is 32.4 Å². The van der Waals surface area contributed by atoms with Crippen molar-refractivity contribution in [2.24, 2.45) is 17.2 Å². The van der Waals surface area contributed by atoms with Gasteiger partial charge >= 0.3 is 0 Å². The van der Waals surface area contributed by atoms with Crippen LogP contribution in [0.1, 0.15) is 38.5 Å². The molecule has 0 amide bonds. The van der Waals surface area contributed by atoms with Crippen LogP contribution < -0.4 is 17.2 Å². The van der Waals surface area contributed by atoms with Crippen molar-refractivity contribution in [2.45, 2.75) is 44.6 Å². The molecule has 0 bridgehead atoms. The fourth-order valence-electron chi connectivity index (χ4n) is 1.26. The van der Waals surface area contributed by atoms with Crippen LogP contribution >= 0.6 is 0 Å². The minimum atomic E-state index is 0.313. The molecule has 0 saturated heterocycles. The smallest absolute Gasteiger partial charge is 0.00508 e. The minimum Gasteiger partial charge on any atom is -0.330 e. The van der Waals surface area contributed by atoms with Crippen LogP contribution in [-0.4, -0.2) is 19.1 Å². The summed E-state index contributed by atoms with van der Waals surface area (Å²) in [6.45, 7) is 1.53. The molecule has 0 aromatic heterocycles. The quantitative estimate of drug-likeness (QED) is 0.470.